The van der Waals surface area contributed by atoms with E-state index in [1.54, 1.807) is 5.57 Å². The van der Waals surface area contributed by atoms with E-state index >= 15 is 0 Å². The lowest BCUT2D eigenvalue weighted by Crippen LogP contribution is -1.88. The molecule has 0 aliphatic carbocycles. The van der Waals surface area contributed by atoms with Gasteiger partial charge in [0.15, 0.2) is 0 Å². The first-order valence-corrected chi connectivity index (χ1v) is 10.6. The second kappa shape index (κ2) is 16.1. The summed E-state index contributed by atoms with van der Waals surface area (Å²) in [5, 5.41) is 8.86. The Bertz CT molecular complexity index is 474. The van der Waals surface area contributed by atoms with Crippen LogP contribution in [0.25, 0.3) is 0 Å². The molecule has 0 atom stereocenters. The highest BCUT2D eigenvalue weighted by molar-refractivity contribution is 5.07. The molecule has 1 nitrogen and oxygen atoms in total. The molecule has 1 N–H and O–H groups in total. The van der Waals surface area contributed by atoms with Gasteiger partial charge in [-0.15, -0.1) is 0 Å². The van der Waals surface area contributed by atoms with Gasteiger partial charge >= 0.3 is 0 Å². The van der Waals surface area contributed by atoms with Crippen molar-refractivity contribution in [2.45, 2.75) is 99.3 Å². The maximum absolute atomic E-state index is 8.86. The number of rotatable bonds is 14. The van der Waals surface area contributed by atoms with Crippen molar-refractivity contribution >= 4 is 0 Å². The molecule has 0 aliphatic rings. The van der Waals surface area contributed by atoms with E-state index < -0.39 is 0 Å². The smallest absolute Gasteiger partial charge is 0.0614 e. The monoisotopic (exact) mass is 360 g/mol. The summed E-state index contributed by atoms with van der Waals surface area (Å²) in [5.74, 6) is 0.825. The van der Waals surface area contributed by atoms with Crippen LogP contribution in [0.3, 0.4) is 0 Å². The Morgan fingerprint density at radius 2 is 1.04 bits per heavy atom. The average molecular weight is 361 g/mol. The highest BCUT2D eigenvalue weighted by Gasteiger charge is 1.96. The van der Waals surface area contributed by atoms with Crippen molar-refractivity contribution in [2.75, 3.05) is 6.61 Å². The van der Waals surface area contributed by atoms with E-state index in [-0.39, 0.29) is 6.61 Å². The van der Waals surface area contributed by atoms with E-state index in [1.165, 1.54) is 48.8 Å². The van der Waals surface area contributed by atoms with Gasteiger partial charge in [-0.3, -0.25) is 0 Å². The molecule has 0 saturated heterocycles. The minimum Gasteiger partial charge on any atom is -0.392 e. The SMILES string of the molecule is CC(=CCO)CCC=C(C)CCC=C(C)CCC=C(C)CCCC(C)C. The average Bonchev–Trinajstić information content (AvgIpc) is 2.54. The largest absolute Gasteiger partial charge is 0.392 e. The molecule has 0 aliphatic heterocycles. The summed E-state index contributed by atoms with van der Waals surface area (Å²) in [6, 6.07) is 0. The van der Waals surface area contributed by atoms with Crippen molar-refractivity contribution in [1.29, 1.82) is 0 Å². The maximum atomic E-state index is 8.86. The maximum Gasteiger partial charge on any atom is 0.0614 e. The summed E-state index contributed by atoms with van der Waals surface area (Å²) >= 11 is 0. The van der Waals surface area contributed by atoms with E-state index in [0.29, 0.717) is 0 Å². The predicted molar refractivity (Wildman–Crippen MR) is 119 cm³/mol. The Morgan fingerprint density at radius 3 is 1.42 bits per heavy atom. The van der Waals surface area contributed by atoms with Crippen LogP contribution in [0.2, 0.25) is 0 Å². The molecule has 0 aromatic carbocycles. The normalized spacial score (nSPS) is 14.5. The minimum absolute atomic E-state index is 0.158. The third-order valence-electron chi connectivity index (χ3n) is 4.89. The zero-order valence-corrected chi connectivity index (χ0v) is 18.4. The van der Waals surface area contributed by atoms with E-state index in [9.17, 15) is 0 Å². The first-order valence-electron chi connectivity index (χ1n) is 10.6. The molecule has 0 aromatic heterocycles. The predicted octanol–water partition coefficient (Wildman–Crippen LogP) is 7.93. The lowest BCUT2D eigenvalue weighted by Gasteiger charge is -2.05. The molecule has 0 saturated carbocycles. The number of aliphatic hydroxyl groups is 1. The van der Waals surface area contributed by atoms with Gasteiger partial charge in [-0.2, -0.15) is 0 Å². The van der Waals surface area contributed by atoms with Crippen LogP contribution in [0, 0.1) is 5.92 Å². The Labute approximate surface area is 164 Å². The van der Waals surface area contributed by atoms with Gasteiger partial charge in [-0.25, -0.2) is 0 Å². The molecule has 150 valence electrons. The zero-order chi connectivity index (χ0) is 19.8. The topological polar surface area (TPSA) is 20.2 Å². The second-order valence-electron chi connectivity index (χ2n) is 8.29. The first-order chi connectivity index (χ1) is 12.3. The summed E-state index contributed by atoms with van der Waals surface area (Å²) in [6.45, 7) is 13.6. The van der Waals surface area contributed by atoms with Gasteiger partial charge in [-0.05, 0) is 85.0 Å². The molecule has 0 aromatic rings. The lowest BCUT2D eigenvalue weighted by molar-refractivity contribution is 0.341. The quantitative estimate of drug-likeness (QED) is 0.312. The first kappa shape index (κ1) is 24.9. The van der Waals surface area contributed by atoms with E-state index in [4.69, 9.17) is 5.11 Å². The van der Waals surface area contributed by atoms with Gasteiger partial charge in [0.25, 0.3) is 0 Å². The molecule has 0 rings (SSSR count). The van der Waals surface area contributed by atoms with Crippen molar-refractivity contribution in [3.05, 3.63) is 46.6 Å². The van der Waals surface area contributed by atoms with Gasteiger partial charge in [-0.1, -0.05) is 66.9 Å². The summed E-state index contributed by atoms with van der Waals surface area (Å²) in [6.07, 6.45) is 19.8. The zero-order valence-electron chi connectivity index (χ0n) is 18.4. The van der Waals surface area contributed by atoms with Crippen molar-refractivity contribution in [1.82, 2.24) is 0 Å². The van der Waals surface area contributed by atoms with Crippen molar-refractivity contribution in [3.8, 4) is 0 Å². The molecule has 0 fully saturated rings. The molecule has 0 unspecified atom stereocenters. The van der Waals surface area contributed by atoms with Crippen molar-refractivity contribution < 1.29 is 5.11 Å². The molecular weight excluding hydrogens is 316 g/mol. The summed E-state index contributed by atoms with van der Waals surface area (Å²) in [7, 11) is 0. The Balaban J connectivity index is 3.97. The third kappa shape index (κ3) is 16.4. The standard InChI is InChI=1S/C25H44O/c1-21(2)11-7-12-22(3)13-8-14-23(4)15-9-16-24(5)17-10-18-25(6)19-20-26/h13,15,17,19,21,26H,7-12,14,16,18,20H2,1-6H3. The van der Waals surface area contributed by atoms with Crippen LogP contribution >= 0.6 is 0 Å². The highest BCUT2D eigenvalue weighted by atomic mass is 16.2. The van der Waals surface area contributed by atoms with E-state index in [0.717, 1.165) is 31.6 Å². The number of hydrogen-bond donors (Lipinski definition) is 1. The highest BCUT2D eigenvalue weighted by Crippen LogP contribution is 2.15. The van der Waals surface area contributed by atoms with Gasteiger partial charge in [0.05, 0.1) is 6.61 Å². The fraction of sp³-hybridized carbons (Fsp3) is 0.680. The van der Waals surface area contributed by atoms with E-state index in [2.05, 4.69) is 59.8 Å². The fourth-order valence-corrected chi connectivity index (χ4v) is 2.99. The minimum atomic E-state index is 0.158. The van der Waals surface area contributed by atoms with Crippen LogP contribution in [0.15, 0.2) is 46.6 Å². The van der Waals surface area contributed by atoms with Gasteiger partial charge < -0.3 is 5.11 Å². The Kier molecular flexibility index (Phi) is 15.5. The van der Waals surface area contributed by atoms with Gasteiger partial charge in [0, 0.05) is 0 Å². The lowest BCUT2D eigenvalue weighted by atomic mass is 10.0. The van der Waals surface area contributed by atoms with Crippen LogP contribution in [0.5, 0.6) is 0 Å². The summed E-state index contributed by atoms with van der Waals surface area (Å²) in [5.41, 5.74) is 5.83. The number of aliphatic hydroxyl groups excluding tert-OH is 1. The molecular formula is C25H44O. The van der Waals surface area contributed by atoms with Crippen LogP contribution in [0.4, 0.5) is 0 Å². The fourth-order valence-electron chi connectivity index (χ4n) is 2.99. The third-order valence-corrected chi connectivity index (χ3v) is 4.89. The molecule has 0 spiro atoms. The number of hydrogen-bond acceptors (Lipinski definition) is 1. The molecule has 0 radical (unpaired) electrons. The molecule has 0 heterocycles. The van der Waals surface area contributed by atoms with Crippen molar-refractivity contribution in [2.24, 2.45) is 5.92 Å². The van der Waals surface area contributed by atoms with Crippen LogP contribution in [-0.2, 0) is 0 Å². The van der Waals surface area contributed by atoms with E-state index in [1.807, 2.05) is 6.08 Å². The molecule has 1 heteroatoms. The number of allylic oxidation sites excluding steroid dienone is 7. The van der Waals surface area contributed by atoms with Crippen LogP contribution < -0.4 is 0 Å². The second-order valence-corrected chi connectivity index (χ2v) is 8.29. The van der Waals surface area contributed by atoms with Crippen molar-refractivity contribution in [3.63, 3.8) is 0 Å². The summed E-state index contributed by atoms with van der Waals surface area (Å²) in [4.78, 5) is 0. The van der Waals surface area contributed by atoms with Crippen LogP contribution in [0.1, 0.15) is 99.3 Å². The molecule has 0 amide bonds. The molecule has 26 heavy (non-hydrogen) atoms. The Morgan fingerprint density at radius 1 is 0.654 bits per heavy atom. The van der Waals surface area contributed by atoms with Crippen LogP contribution in [-0.4, -0.2) is 11.7 Å². The van der Waals surface area contributed by atoms with Gasteiger partial charge in [0.1, 0.15) is 0 Å². The molecule has 0 bridgehead atoms. The Hall–Kier alpha value is -1.08. The van der Waals surface area contributed by atoms with Gasteiger partial charge in [0.2, 0.25) is 0 Å². The summed E-state index contributed by atoms with van der Waals surface area (Å²) < 4.78 is 0.